The number of aliphatic imine (C=N–C) groups is 1. The summed E-state index contributed by atoms with van der Waals surface area (Å²) in [5.41, 5.74) is 7.98. The molecular weight excluding hydrogens is 362 g/mol. The Morgan fingerprint density at radius 2 is 2.04 bits per heavy atom. The van der Waals surface area contributed by atoms with Crippen molar-refractivity contribution in [2.24, 2.45) is 10.7 Å². The van der Waals surface area contributed by atoms with Crippen LogP contribution in [0, 0.1) is 11.6 Å². The molecule has 0 aliphatic carbocycles. The molecule has 3 N–H and O–H groups in total. The van der Waals surface area contributed by atoms with E-state index >= 15 is 0 Å². The van der Waals surface area contributed by atoms with Gasteiger partial charge in [0.15, 0.2) is 0 Å². The molecule has 1 amide bonds. The number of hydrogen-bond donors (Lipinski definition) is 2. The van der Waals surface area contributed by atoms with Crippen LogP contribution in [0.2, 0.25) is 5.02 Å². The lowest BCUT2D eigenvalue weighted by molar-refractivity contribution is -0.117. The number of amides is 1. The van der Waals surface area contributed by atoms with E-state index in [9.17, 15) is 13.6 Å². The molecule has 8 heteroatoms. The van der Waals surface area contributed by atoms with Gasteiger partial charge < -0.3 is 11.1 Å². The van der Waals surface area contributed by atoms with Crippen molar-refractivity contribution in [3.05, 3.63) is 70.1 Å². The number of benzene rings is 1. The van der Waals surface area contributed by atoms with Crippen LogP contribution in [0.25, 0.3) is 0 Å². The fraction of sp³-hybridized carbons (Fsp3) is 0.167. The molecule has 1 aromatic carbocycles. The summed E-state index contributed by atoms with van der Waals surface area (Å²) in [4.78, 5) is 20.5. The van der Waals surface area contributed by atoms with E-state index < -0.39 is 16.7 Å². The third-order valence-electron chi connectivity index (χ3n) is 3.86. The Balaban J connectivity index is 1.87. The lowest BCUT2D eigenvalue weighted by atomic mass is 10.0. The highest BCUT2D eigenvalue weighted by Crippen LogP contribution is 2.23. The highest BCUT2D eigenvalue weighted by atomic mass is 35.5. The van der Waals surface area contributed by atoms with E-state index in [0.717, 1.165) is 0 Å². The third-order valence-corrected chi connectivity index (χ3v) is 4.22. The van der Waals surface area contributed by atoms with Gasteiger partial charge in [0.1, 0.15) is 16.7 Å². The van der Waals surface area contributed by atoms with Crippen LogP contribution in [-0.4, -0.2) is 23.1 Å². The summed E-state index contributed by atoms with van der Waals surface area (Å²) < 4.78 is 27.2. The Kier molecular flexibility index (Phi) is 5.27. The minimum atomic E-state index is -0.816. The average molecular weight is 377 g/mol. The Morgan fingerprint density at radius 1 is 1.31 bits per heavy atom. The Labute approximate surface area is 153 Å². The molecule has 0 unspecified atom stereocenters. The second-order valence-corrected chi connectivity index (χ2v) is 6.08. The summed E-state index contributed by atoms with van der Waals surface area (Å²) in [7, 11) is 0. The maximum absolute atomic E-state index is 13.6. The second kappa shape index (κ2) is 7.61. The van der Waals surface area contributed by atoms with Gasteiger partial charge in [-0.1, -0.05) is 11.6 Å². The molecule has 0 saturated carbocycles. The van der Waals surface area contributed by atoms with Gasteiger partial charge >= 0.3 is 0 Å². The second-order valence-electron chi connectivity index (χ2n) is 5.70. The van der Waals surface area contributed by atoms with Crippen LogP contribution in [0.15, 0.2) is 47.2 Å². The maximum atomic E-state index is 13.6. The first-order valence-electron chi connectivity index (χ1n) is 7.84. The van der Waals surface area contributed by atoms with Gasteiger partial charge in [-0.25, -0.2) is 8.78 Å². The highest BCUT2D eigenvalue weighted by Gasteiger charge is 2.20. The first-order valence-corrected chi connectivity index (χ1v) is 8.22. The van der Waals surface area contributed by atoms with Crippen molar-refractivity contribution in [3.63, 3.8) is 0 Å². The van der Waals surface area contributed by atoms with E-state index in [0.29, 0.717) is 41.2 Å². The number of rotatable bonds is 3. The molecular formula is C18H15ClF2N4O. The van der Waals surface area contributed by atoms with Gasteiger partial charge in [0, 0.05) is 37.5 Å². The first kappa shape index (κ1) is 18.0. The Bertz CT molecular complexity index is 904. The molecule has 1 saturated heterocycles. The van der Waals surface area contributed by atoms with E-state index in [1.165, 1.54) is 18.3 Å². The van der Waals surface area contributed by atoms with Gasteiger partial charge in [-0.15, -0.1) is 0 Å². The van der Waals surface area contributed by atoms with Gasteiger partial charge in [-0.2, -0.15) is 0 Å². The van der Waals surface area contributed by atoms with Crippen molar-refractivity contribution in [3.8, 4) is 0 Å². The molecule has 1 fully saturated rings. The fourth-order valence-corrected chi connectivity index (χ4v) is 2.76. The summed E-state index contributed by atoms with van der Waals surface area (Å²) in [5.74, 6) is -1.90. The molecule has 1 aromatic heterocycles. The van der Waals surface area contributed by atoms with Gasteiger partial charge in [0.05, 0.1) is 17.0 Å². The number of nitrogens with zero attached hydrogens (tertiary/aromatic N) is 2. The smallest absolute Gasteiger partial charge is 0.254 e. The number of aromatic nitrogens is 1. The molecule has 2 aromatic rings. The number of piperidine rings is 1. The third kappa shape index (κ3) is 3.88. The molecule has 1 aliphatic rings. The summed E-state index contributed by atoms with van der Waals surface area (Å²) in [6.45, 7) is 0.482. The summed E-state index contributed by atoms with van der Waals surface area (Å²) in [5, 5.41) is 2.17. The summed E-state index contributed by atoms with van der Waals surface area (Å²) >= 11 is 5.49. The SMILES string of the molecule is N/C=C1/C(=O)NCCC1=Nc1ccnc(Cc2cc(F)c(Cl)c(F)c2)c1. The normalized spacial score (nSPS) is 17.6. The zero-order valence-corrected chi connectivity index (χ0v) is 14.4. The zero-order chi connectivity index (χ0) is 18.7. The van der Waals surface area contributed by atoms with E-state index in [-0.39, 0.29) is 12.3 Å². The molecule has 0 atom stereocenters. The molecule has 0 bridgehead atoms. The van der Waals surface area contributed by atoms with Crippen LogP contribution >= 0.6 is 11.6 Å². The molecule has 5 nitrogen and oxygen atoms in total. The molecule has 3 rings (SSSR count). The number of hydrogen-bond acceptors (Lipinski definition) is 4. The number of halogens is 3. The molecule has 134 valence electrons. The van der Waals surface area contributed by atoms with Crippen molar-refractivity contribution in [2.75, 3.05) is 6.54 Å². The van der Waals surface area contributed by atoms with Gasteiger partial charge in [-0.3, -0.25) is 14.8 Å². The molecule has 0 radical (unpaired) electrons. The lowest BCUT2D eigenvalue weighted by Crippen LogP contribution is -2.36. The lowest BCUT2D eigenvalue weighted by Gasteiger charge is -2.17. The van der Waals surface area contributed by atoms with E-state index in [1.54, 1.807) is 18.3 Å². The minimum Gasteiger partial charge on any atom is -0.404 e. The fourth-order valence-electron chi connectivity index (χ4n) is 2.65. The number of pyridine rings is 1. The van der Waals surface area contributed by atoms with Crippen LogP contribution < -0.4 is 11.1 Å². The van der Waals surface area contributed by atoms with Crippen LogP contribution in [-0.2, 0) is 11.2 Å². The number of nitrogens with two attached hydrogens (primary N) is 1. The Hall–Kier alpha value is -2.80. The molecule has 2 heterocycles. The highest BCUT2D eigenvalue weighted by molar-refractivity contribution is 6.30. The topological polar surface area (TPSA) is 80.4 Å². The molecule has 1 aliphatic heterocycles. The number of carbonyl (C=O) groups excluding carboxylic acids is 1. The number of nitrogens with one attached hydrogen (secondary N) is 1. The zero-order valence-electron chi connectivity index (χ0n) is 13.6. The molecule has 0 spiro atoms. The monoisotopic (exact) mass is 376 g/mol. The standard InChI is InChI=1S/C18H15ClF2N4O/c19-17-14(20)6-10(7-15(17)21)5-12-8-11(1-3-23-12)25-16-2-4-24-18(26)13(16)9-22/h1,3,6-9H,2,4-5,22H2,(H,24,26)/b13-9+,25-16?. The Morgan fingerprint density at radius 3 is 2.73 bits per heavy atom. The van der Waals surface area contributed by atoms with Crippen molar-refractivity contribution in [2.45, 2.75) is 12.8 Å². The van der Waals surface area contributed by atoms with Gasteiger partial charge in [0.25, 0.3) is 5.91 Å². The van der Waals surface area contributed by atoms with E-state index in [4.69, 9.17) is 17.3 Å². The largest absolute Gasteiger partial charge is 0.404 e. The van der Waals surface area contributed by atoms with E-state index in [1.807, 2.05) is 0 Å². The van der Waals surface area contributed by atoms with Crippen molar-refractivity contribution < 1.29 is 13.6 Å². The average Bonchev–Trinajstić information content (AvgIpc) is 2.60. The van der Waals surface area contributed by atoms with Crippen LogP contribution in [0.1, 0.15) is 17.7 Å². The predicted molar refractivity (Wildman–Crippen MR) is 95.4 cm³/mol. The summed E-state index contributed by atoms with van der Waals surface area (Å²) in [6.07, 6.45) is 3.55. The molecule has 26 heavy (non-hydrogen) atoms. The van der Waals surface area contributed by atoms with Gasteiger partial charge in [0.2, 0.25) is 0 Å². The van der Waals surface area contributed by atoms with Crippen LogP contribution in [0.4, 0.5) is 14.5 Å². The predicted octanol–water partition coefficient (Wildman–Crippen LogP) is 3.04. The van der Waals surface area contributed by atoms with Crippen LogP contribution in [0.3, 0.4) is 0 Å². The number of carbonyl (C=O) groups is 1. The van der Waals surface area contributed by atoms with Crippen molar-refractivity contribution in [1.29, 1.82) is 0 Å². The first-order chi connectivity index (χ1) is 12.5. The summed E-state index contributed by atoms with van der Waals surface area (Å²) in [6, 6.07) is 5.72. The van der Waals surface area contributed by atoms with Crippen LogP contribution in [0.5, 0.6) is 0 Å². The van der Waals surface area contributed by atoms with Gasteiger partial charge in [-0.05, 0) is 29.8 Å². The van der Waals surface area contributed by atoms with Crippen molar-refractivity contribution in [1.82, 2.24) is 10.3 Å². The van der Waals surface area contributed by atoms with E-state index in [2.05, 4.69) is 15.3 Å². The minimum absolute atomic E-state index is 0.212. The quantitative estimate of drug-likeness (QED) is 0.638. The maximum Gasteiger partial charge on any atom is 0.254 e. The van der Waals surface area contributed by atoms with Crippen molar-refractivity contribution >= 4 is 28.9 Å².